The Bertz CT molecular complexity index is 1200. The zero-order chi connectivity index (χ0) is 23.3. The molecule has 0 aliphatic heterocycles. The van der Waals surface area contributed by atoms with Gasteiger partial charge in [-0.25, -0.2) is 9.97 Å². The molecule has 0 spiro atoms. The summed E-state index contributed by atoms with van der Waals surface area (Å²) in [6.07, 6.45) is 0.993. The predicted octanol–water partition coefficient (Wildman–Crippen LogP) is 5.63. The molecule has 1 atom stereocenters. The molecule has 176 valence electrons. The Morgan fingerprint density at radius 1 is 0.912 bits per heavy atom. The molecule has 0 saturated carbocycles. The molecule has 4 rings (SSSR count). The molecular formula is C25H23ClF3N5. The van der Waals surface area contributed by atoms with Crippen molar-refractivity contribution in [3.05, 3.63) is 96.4 Å². The summed E-state index contributed by atoms with van der Waals surface area (Å²) < 4.78 is 39.7. The number of nitrogens with two attached hydrogens (primary N) is 1. The van der Waals surface area contributed by atoms with Crippen molar-refractivity contribution in [3.63, 3.8) is 0 Å². The van der Waals surface area contributed by atoms with Crippen molar-refractivity contribution >= 4 is 18.4 Å². The lowest BCUT2D eigenvalue weighted by atomic mass is 9.99. The first-order valence-electron chi connectivity index (χ1n) is 10.4. The van der Waals surface area contributed by atoms with Gasteiger partial charge in [-0.2, -0.15) is 13.2 Å². The monoisotopic (exact) mass is 485 g/mol. The maximum Gasteiger partial charge on any atom is 0.416 e. The van der Waals surface area contributed by atoms with E-state index in [4.69, 9.17) is 5.73 Å². The number of nitrogens with zero attached hydrogens (tertiary/aromatic N) is 3. The molecule has 4 aromatic rings. The van der Waals surface area contributed by atoms with E-state index < -0.39 is 11.7 Å². The van der Waals surface area contributed by atoms with Crippen LogP contribution in [0, 0.1) is 0 Å². The Hall–Kier alpha value is -3.49. The highest BCUT2D eigenvalue weighted by atomic mass is 35.5. The third kappa shape index (κ3) is 6.30. The molecule has 2 aromatic heterocycles. The molecule has 0 aliphatic rings. The molecule has 0 amide bonds. The lowest BCUT2D eigenvalue weighted by Crippen LogP contribution is -2.31. The summed E-state index contributed by atoms with van der Waals surface area (Å²) in [5.41, 5.74) is 8.75. The number of hydrogen-bond donors (Lipinski definition) is 2. The standard InChI is InChI=1S/C25H22F3N5.ClH/c26-25(27,28)20-8-4-7-19(14-20)22-16-32-24(33-23(22)18-9-11-30-12-10-18)31-15-21(29)13-17-5-2-1-3-6-17;/h1-12,14,16,21H,13,15,29H2,(H,31,32,33);1H. The van der Waals surface area contributed by atoms with E-state index in [1.54, 1.807) is 30.6 Å². The molecule has 0 radical (unpaired) electrons. The van der Waals surface area contributed by atoms with Crippen LogP contribution in [-0.4, -0.2) is 27.5 Å². The highest BCUT2D eigenvalue weighted by Gasteiger charge is 2.30. The summed E-state index contributed by atoms with van der Waals surface area (Å²) in [6, 6.07) is 18.4. The van der Waals surface area contributed by atoms with Crippen LogP contribution in [0.2, 0.25) is 0 Å². The smallest absolute Gasteiger partial charge is 0.353 e. The average Bonchev–Trinajstić information content (AvgIpc) is 2.83. The van der Waals surface area contributed by atoms with Crippen LogP contribution in [0.3, 0.4) is 0 Å². The lowest BCUT2D eigenvalue weighted by Gasteiger charge is -2.15. The van der Waals surface area contributed by atoms with Gasteiger partial charge in [-0.15, -0.1) is 12.4 Å². The van der Waals surface area contributed by atoms with Crippen LogP contribution in [0.5, 0.6) is 0 Å². The van der Waals surface area contributed by atoms with Crippen molar-refractivity contribution in [1.29, 1.82) is 0 Å². The first-order chi connectivity index (χ1) is 15.9. The minimum absolute atomic E-state index is 0. The largest absolute Gasteiger partial charge is 0.416 e. The van der Waals surface area contributed by atoms with Crippen LogP contribution in [-0.2, 0) is 12.6 Å². The summed E-state index contributed by atoms with van der Waals surface area (Å²) in [7, 11) is 0. The molecule has 5 nitrogen and oxygen atoms in total. The maximum absolute atomic E-state index is 13.2. The van der Waals surface area contributed by atoms with Crippen molar-refractivity contribution in [2.75, 3.05) is 11.9 Å². The van der Waals surface area contributed by atoms with Crippen molar-refractivity contribution < 1.29 is 13.2 Å². The second-order valence-electron chi connectivity index (χ2n) is 7.60. The Kier molecular flexibility index (Phi) is 8.20. The number of halogens is 4. The molecule has 2 heterocycles. The van der Waals surface area contributed by atoms with Gasteiger partial charge < -0.3 is 11.1 Å². The van der Waals surface area contributed by atoms with Gasteiger partial charge in [0.25, 0.3) is 0 Å². The zero-order valence-corrected chi connectivity index (χ0v) is 18.9. The van der Waals surface area contributed by atoms with Gasteiger partial charge >= 0.3 is 6.18 Å². The summed E-state index contributed by atoms with van der Waals surface area (Å²) in [6.45, 7) is 0.438. The third-order valence-corrected chi connectivity index (χ3v) is 5.11. The number of alkyl halides is 3. The molecule has 0 aliphatic carbocycles. The van der Waals surface area contributed by atoms with Gasteiger partial charge in [0.05, 0.1) is 11.3 Å². The SMILES string of the molecule is Cl.NC(CNc1ncc(-c2cccc(C(F)(F)F)c2)c(-c2ccncc2)n1)Cc1ccccc1. The predicted molar refractivity (Wildman–Crippen MR) is 130 cm³/mol. The normalized spacial score (nSPS) is 12.0. The number of rotatable bonds is 7. The second-order valence-corrected chi connectivity index (χ2v) is 7.60. The van der Waals surface area contributed by atoms with E-state index in [1.165, 1.54) is 12.3 Å². The van der Waals surface area contributed by atoms with Crippen molar-refractivity contribution in [3.8, 4) is 22.4 Å². The van der Waals surface area contributed by atoms with Crippen LogP contribution in [0.1, 0.15) is 11.1 Å². The van der Waals surface area contributed by atoms with E-state index in [0.29, 0.717) is 35.7 Å². The van der Waals surface area contributed by atoms with Gasteiger partial charge in [0.1, 0.15) is 0 Å². The molecule has 0 saturated heterocycles. The van der Waals surface area contributed by atoms with Gasteiger partial charge in [-0.05, 0) is 41.8 Å². The van der Waals surface area contributed by atoms with Gasteiger partial charge in [-0.3, -0.25) is 4.98 Å². The number of aromatic nitrogens is 3. The summed E-state index contributed by atoms with van der Waals surface area (Å²) in [5.74, 6) is 0.348. The first kappa shape index (κ1) is 25.1. The zero-order valence-electron chi connectivity index (χ0n) is 18.0. The summed E-state index contributed by atoms with van der Waals surface area (Å²) in [5, 5.41) is 3.15. The van der Waals surface area contributed by atoms with E-state index in [-0.39, 0.29) is 18.4 Å². The molecule has 0 fully saturated rings. The molecule has 1 unspecified atom stereocenters. The van der Waals surface area contributed by atoms with Crippen LogP contribution in [0.15, 0.2) is 85.3 Å². The Morgan fingerprint density at radius 2 is 1.65 bits per heavy atom. The van der Waals surface area contributed by atoms with Crippen molar-refractivity contribution in [1.82, 2.24) is 15.0 Å². The molecule has 9 heteroatoms. The van der Waals surface area contributed by atoms with E-state index in [9.17, 15) is 13.2 Å². The molecule has 0 bridgehead atoms. The van der Waals surface area contributed by atoms with Gasteiger partial charge in [0.2, 0.25) is 5.95 Å². The lowest BCUT2D eigenvalue weighted by molar-refractivity contribution is -0.137. The topological polar surface area (TPSA) is 76.7 Å². The Balaban J connectivity index is 0.00000324. The number of anilines is 1. The average molecular weight is 486 g/mol. The molecule has 2 aromatic carbocycles. The first-order valence-corrected chi connectivity index (χ1v) is 10.4. The van der Waals surface area contributed by atoms with E-state index in [0.717, 1.165) is 23.3 Å². The minimum atomic E-state index is -4.44. The van der Waals surface area contributed by atoms with Crippen LogP contribution in [0.4, 0.5) is 19.1 Å². The van der Waals surface area contributed by atoms with Gasteiger partial charge in [-0.1, -0.05) is 42.5 Å². The second kappa shape index (κ2) is 11.1. The quantitative estimate of drug-likeness (QED) is 0.355. The van der Waals surface area contributed by atoms with Crippen LogP contribution in [0.25, 0.3) is 22.4 Å². The highest BCUT2D eigenvalue weighted by molar-refractivity contribution is 5.85. The number of nitrogens with one attached hydrogen (secondary N) is 1. The molecule has 34 heavy (non-hydrogen) atoms. The van der Waals surface area contributed by atoms with E-state index in [1.807, 2.05) is 30.3 Å². The third-order valence-electron chi connectivity index (χ3n) is 5.11. The maximum atomic E-state index is 13.2. The fourth-order valence-corrected chi connectivity index (χ4v) is 3.48. The van der Waals surface area contributed by atoms with Crippen LogP contribution < -0.4 is 11.1 Å². The number of hydrogen-bond acceptors (Lipinski definition) is 5. The van der Waals surface area contributed by atoms with Gasteiger partial charge in [0, 0.05) is 42.3 Å². The van der Waals surface area contributed by atoms with Crippen LogP contribution >= 0.6 is 12.4 Å². The highest BCUT2D eigenvalue weighted by Crippen LogP contribution is 2.35. The van der Waals surface area contributed by atoms with E-state index in [2.05, 4.69) is 20.3 Å². The Labute approximate surface area is 201 Å². The molecular weight excluding hydrogens is 463 g/mol. The minimum Gasteiger partial charge on any atom is -0.353 e. The summed E-state index contributed by atoms with van der Waals surface area (Å²) in [4.78, 5) is 13.0. The number of pyridine rings is 1. The number of benzene rings is 2. The van der Waals surface area contributed by atoms with Crippen molar-refractivity contribution in [2.24, 2.45) is 5.73 Å². The Morgan fingerprint density at radius 3 is 2.35 bits per heavy atom. The fraction of sp³-hybridized carbons (Fsp3) is 0.160. The summed E-state index contributed by atoms with van der Waals surface area (Å²) >= 11 is 0. The molecule has 3 N–H and O–H groups in total. The van der Waals surface area contributed by atoms with Gasteiger partial charge in [0.15, 0.2) is 0 Å². The van der Waals surface area contributed by atoms with Crippen molar-refractivity contribution in [2.45, 2.75) is 18.6 Å². The fourth-order valence-electron chi connectivity index (χ4n) is 3.48. The van der Waals surface area contributed by atoms with E-state index >= 15 is 0 Å².